The summed E-state index contributed by atoms with van der Waals surface area (Å²) < 4.78 is 10.1. The molecule has 0 saturated carbocycles. The predicted molar refractivity (Wildman–Crippen MR) is 41.6 cm³/mol. The summed E-state index contributed by atoms with van der Waals surface area (Å²) in [6.45, 7) is 2.76. The lowest BCUT2D eigenvalue weighted by molar-refractivity contribution is -0.152. The van der Waals surface area contributed by atoms with Gasteiger partial charge in [-0.1, -0.05) is 0 Å². The van der Waals surface area contributed by atoms with Gasteiger partial charge in [-0.25, -0.2) is 0 Å². The molecule has 2 atom stereocenters. The van der Waals surface area contributed by atoms with Crippen molar-refractivity contribution in [1.29, 1.82) is 0 Å². The normalized spacial score (nSPS) is 39.6. The first-order chi connectivity index (χ1) is 5.79. The smallest absolute Gasteiger partial charge is 0.315 e. The standard InChI is InChI=1S/C8H13NO3/c1-11-7(10)8-4-9-2-6(8)3-12-5-8/h6,9H,2-5H2,1H3/t6-,8-/m1/s1. The zero-order valence-electron chi connectivity index (χ0n) is 7.13. The van der Waals surface area contributed by atoms with Gasteiger partial charge in [0, 0.05) is 19.0 Å². The number of ether oxygens (including phenoxy) is 2. The number of methoxy groups -OCH3 is 1. The maximum absolute atomic E-state index is 11.5. The van der Waals surface area contributed by atoms with E-state index >= 15 is 0 Å². The van der Waals surface area contributed by atoms with Crippen LogP contribution in [0.1, 0.15) is 0 Å². The summed E-state index contributed by atoms with van der Waals surface area (Å²) in [6, 6.07) is 0. The zero-order chi connectivity index (χ0) is 8.60. The van der Waals surface area contributed by atoms with Crippen LogP contribution in [-0.2, 0) is 14.3 Å². The molecule has 4 nitrogen and oxygen atoms in total. The van der Waals surface area contributed by atoms with Crippen molar-refractivity contribution in [3.05, 3.63) is 0 Å². The molecule has 2 fully saturated rings. The van der Waals surface area contributed by atoms with Crippen LogP contribution < -0.4 is 5.32 Å². The van der Waals surface area contributed by atoms with Crippen molar-refractivity contribution in [2.75, 3.05) is 33.4 Å². The third kappa shape index (κ3) is 0.881. The fraction of sp³-hybridized carbons (Fsp3) is 0.875. The molecule has 2 heterocycles. The van der Waals surface area contributed by atoms with E-state index in [1.807, 2.05) is 0 Å². The highest BCUT2D eigenvalue weighted by molar-refractivity contribution is 5.78. The van der Waals surface area contributed by atoms with Gasteiger partial charge in [0.15, 0.2) is 0 Å². The van der Waals surface area contributed by atoms with Crippen LogP contribution in [0.5, 0.6) is 0 Å². The molecule has 2 aliphatic rings. The molecule has 2 rings (SSSR count). The highest BCUT2D eigenvalue weighted by atomic mass is 16.5. The van der Waals surface area contributed by atoms with Crippen LogP contribution in [0.25, 0.3) is 0 Å². The van der Waals surface area contributed by atoms with Crippen LogP contribution in [0.4, 0.5) is 0 Å². The number of carbonyl (C=O) groups excluding carboxylic acids is 1. The minimum atomic E-state index is -0.380. The Hall–Kier alpha value is -0.610. The van der Waals surface area contributed by atoms with E-state index in [0.29, 0.717) is 25.7 Å². The highest BCUT2D eigenvalue weighted by Crippen LogP contribution is 2.38. The van der Waals surface area contributed by atoms with E-state index in [0.717, 1.165) is 6.54 Å². The molecular weight excluding hydrogens is 158 g/mol. The van der Waals surface area contributed by atoms with Gasteiger partial charge in [0.2, 0.25) is 0 Å². The van der Waals surface area contributed by atoms with E-state index in [1.165, 1.54) is 7.11 Å². The lowest BCUT2D eigenvalue weighted by atomic mass is 9.81. The molecule has 1 N–H and O–H groups in total. The van der Waals surface area contributed by atoms with Crippen LogP contribution in [0.15, 0.2) is 0 Å². The van der Waals surface area contributed by atoms with Gasteiger partial charge in [0.25, 0.3) is 0 Å². The van der Waals surface area contributed by atoms with Gasteiger partial charge in [-0.15, -0.1) is 0 Å². The second-order valence-corrected chi connectivity index (χ2v) is 3.49. The van der Waals surface area contributed by atoms with Crippen molar-refractivity contribution < 1.29 is 14.3 Å². The quantitative estimate of drug-likeness (QED) is 0.535. The molecule has 0 bridgehead atoms. The highest BCUT2D eigenvalue weighted by Gasteiger charge is 2.54. The van der Waals surface area contributed by atoms with Gasteiger partial charge < -0.3 is 14.8 Å². The molecule has 2 saturated heterocycles. The predicted octanol–water partition coefficient (Wildman–Crippen LogP) is -0.605. The second-order valence-electron chi connectivity index (χ2n) is 3.49. The lowest BCUT2D eigenvalue weighted by Crippen LogP contribution is -2.39. The summed E-state index contributed by atoms with van der Waals surface area (Å²) >= 11 is 0. The first-order valence-corrected chi connectivity index (χ1v) is 4.16. The van der Waals surface area contributed by atoms with E-state index in [9.17, 15) is 4.79 Å². The summed E-state index contributed by atoms with van der Waals surface area (Å²) in [5, 5.41) is 3.20. The number of esters is 1. The molecule has 12 heavy (non-hydrogen) atoms. The number of nitrogens with one attached hydrogen (secondary N) is 1. The number of hydrogen-bond donors (Lipinski definition) is 1. The number of fused-ring (bicyclic) bond motifs is 1. The Morgan fingerprint density at radius 3 is 3.33 bits per heavy atom. The molecule has 0 aromatic heterocycles. The average Bonchev–Trinajstić information content (AvgIpc) is 2.60. The molecule has 4 heteroatoms. The van der Waals surface area contributed by atoms with Crippen LogP contribution in [-0.4, -0.2) is 39.4 Å². The van der Waals surface area contributed by atoms with Gasteiger partial charge in [0.05, 0.1) is 20.3 Å². The summed E-state index contributed by atoms with van der Waals surface area (Å²) in [6.07, 6.45) is 0. The van der Waals surface area contributed by atoms with Crippen molar-refractivity contribution in [2.45, 2.75) is 0 Å². The molecule has 0 aromatic rings. The van der Waals surface area contributed by atoms with Gasteiger partial charge in [-0.3, -0.25) is 4.79 Å². The maximum atomic E-state index is 11.5. The Labute approximate surface area is 71.2 Å². The van der Waals surface area contributed by atoms with Crippen molar-refractivity contribution in [3.8, 4) is 0 Å². The summed E-state index contributed by atoms with van der Waals surface area (Å²) in [4.78, 5) is 11.5. The van der Waals surface area contributed by atoms with Crippen LogP contribution in [0.3, 0.4) is 0 Å². The maximum Gasteiger partial charge on any atom is 0.315 e. The Kier molecular flexibility index (Phi) is 1.81. The molecule has 2 aliphatic heterocycles. The Bertz CT molecular complexity index is 194. The minimum absolute atomic E-state index is 0.130. The van der Waals surface area contributed by atoms with Gasteiger partial charge in [-0.05, 0) is 0 Å². The van der Waals surface area contributed by atoms with Crippen molar-refractivity contribution >= 4 is 5.97 Å². The third-order valence-corrected chi connectivity index (χ3v) is 2.88. The molecule has 68 valence electrons. The largest absolute Gasteiger partial charge is 0.468 e. The van der Waals surface area contributed by atoms with E-state index in [2.05, 4.69) is 5.32 Å². The Morgan fingerprint density at radius 2 is 2.58 bits per heavy atom. The molecule has 0 unspecified atom stereocenters. The van der Waals surface area contributed by atoms with Crippen LogP contribution in [0, 0.1) is 11.3 Å². The average molecular weight is 171 g/mol. The van der Waals surface area contributed by atoms with Crippen LogP contribution in [0.2, 0.25) is 0 Å². The van der Waals surface area contributed by atoms with Gasteiger partial charge >= 0.3 is 5.97 Å². The molecule has 0 radical (unpaired) electrons. The second kappa shape index (κ2) is 2.71. The van der Waals surface area contributed by atoms with Gasteiger partial charge in [0.1, 0.15) is 5.41 Å². The number of rotatable bonds is 1. The summed E-state index contributed by atoms with van der Waals surface area (Å²) in [5.41, 5.74) is -0.380. The third-order valence-electron chi connectivity index (χ3n) is 2.88. The summed E-state index contributed by atoms with van der Waals surface area (Å²) in [5.74, 6) is 0.181. The lowest BCUT2D eigenvalue weighted by Gasteiger charge is -2.22. The topological polar surface area (TPSA) is 47.6 Å². The molecule has 0 amide bonds. The molecule has 0 aliphatic carbocycles. The monoisotopic (exact) mass is 171 g/mol. The molecular formula is C8H13NO3. The van der Waals surface area contributed by atoms with Gasteiger partial charge in [-0.2, -0.15) is 0 Å². The summed E-state index contributed by atoms with van der Waals surface area (Å²) in [7, 11) is 1.44. The first kappa shape index (κ1) is 8.01. The molecule has 0 spiro atoms. The fourth-order valence-corrected chi connectivity index (χ4v) is 2.08. The first-order valence-electron chi connectivity index (χ1n) is 4.16. The fourth-order valence-electron chi connectivity index (χ4n) is 2.08. The zero-order valence-corrected chi connectivity index (χ0v) is 7.13. The van der Waals surface area contributed by atoms with E-state index in [4.69, 9.17) is 9.47 Å². The van der Waals surface area contributed by atoms with E-state index in [1.54, 1.807) is 0 Å². The van der Waals surface area contributed by atoms with Crippen molar-refractivity contribution in [2.24, 2.45) is 11.3 Å². The Balaban J connectivity index is 2.21. The number of hydrogen-bond acceptors (Lipinski definition) is 4. The minimum Gasteiger partial charge on any atom is -0.468 e. The SMILES string of the molecule is COC(=O)[C@@]12CNC[C@@H]1COC2. The van der Waals surface area contributed by atoms with Crippen molar-refractivity contribution in [1.82, 2.24) is 5.32 Å². The van der Waals surface area contributed by atoms with Crippen LogP contribution >= 0.6 is 0 Å². The Morgan fingerprint density at radius 1 is 1.75 bits per heavy atom. The van der Waals surface area contributed by atoms with E-state index in [-0.39, 0.29) is 11.4 Å². The van der Waals surface area contributed by atoms with E-state index < -0.39 is 0 Å². The number of carbonyl (C=O) groups is 1. The molecule has 0 aromatic carbocycles. The van der Waals surface area contributed by atoms with Crippen molar-refractivity contribution in [3.63, 3.8) is 0 Å².